The highest BCUT2D eigenvalue weighted by molar-refractivity contribution is 5.61. The number of nitrogen functional groups attached to an aromatic ring is 2. The Labute approximate surface area is 93.1 Å². The first-order valence-electron chi connectivity index (χ1n) is 4.79. The number of aromatic nitrogens is 2. The van der Waals surface area contributed by atoms with Crippen LogP contribution in [-0.4, -0.2) is 9.97 Å². The standard InChI is InChI=1S/C11H12N4O/c12-9-5-8(15-6-10(9)13)7-16-11-3-1-2-4-14-11/h1-6H,7,13H2,(H2,12,15). The minimum atomic E-state index is 0.321. The van der Waals surface area contributed by atoms with Crippen LogP contribution in [0.2, 0.25) is 0 Å². The summed E-state index contributed by atoms with van der Waals surface area (Å²) in [6.45, 7) is 0.321. The van der Waals surface area contributed by atoms with Crippen molar-refractivity contribution in [3.8, 4) is 5.88 Å². The van der Waals surface area contributed by atoms with E-state index in [1.807, 2.05) is 12.1 Å². The molecule has 0 bridgehead atoms. The molecule has 0 unspecified atom stereocenters. The lowest BCUT2D eigenvalue weighted by Gasteiger charge is -2.05. The van der Waals surface area contributed by atoms with E-state index >= 15 is 0 Å². The maximum absolute atomic E-state index is 5.65. The molecule has 82 valence electrons. The van der Waals surface area contributed by atoms with Gasteiger partial charge in [-0.1, -0.05) is 6.07 Å². The smallest absolute Gasteiger partial charge is 0.213 e. The zero-order valence-corrected chi connectivity index (χ0v) is 8.63. The summed E-state index contributed by atoms with van der Waals surface area (Å²) in [6, 6.07) is 7.15. The van der Waals surface area contributed by atoms with Crippen LogP contribution in [0.1, 0.15) is 5.69 Å². The number of anilines is 2. The average Bonchev–Trinajstić information content (AvgIpc) is 2.32. The fourth-order valence-corrected chi connectivity index (χ4v) is 1.19. The SMILES string of the molecule is Nc1cnc(COc2ccccn2)cc1N. The van der Waals surface area contributed by atoms with E-state index in [4.69, 9.17) is 16.2 Å². The Morgan fingerprint density at radius 1 is 1.12 bits per heavy atom. The predicted molar refractivity (Wildman–Crippen MR) is 61.6 cm³/mol. The average molecular weight is 216 g/mol. The molecule has 0 fully saturated rings. The number of nitrogens with two attached hydrogens (primary N) is 2. The van der Waals surface area contributed by atoms with Crippen molar-refractivity contribution in [3.05, 3.63) is 42.4 Å². The Balaban J connectivity index is 2.03. The van der Waals surface area contributed by atoms with Crippen molar-refractivity contribution in [3.63, 3.8) is 0 Å². The van der Waals surface area contributed by atoms with Gasteiger partial charge in [0.2, 0.25) is 5.88 Å². The van der Waals surface area contributed by atoms with Gasteiger partial charge in [-0.25, -0.2) is 4.98 Å². The van der Waals surface area contributed by atoms with E-state index in [1.54, 1.807) is 18.3 Å². The molecule has 2 heterocycles. The molecule has 5 heteroatoms. The summed E-state index contributed by atoms with van der Waals surface area (Å²) in [5.41, 5.74) is 12.9. The van der Waals surface area contributed by atoms with Gasteiger partial charge in [-0.3, -0.25) is 4.98 Å². The zero-order valence-electron chi connectivity index (χ0n) is 8.63. The van der Waals surface area contributed by atoms with E-state index < -0.39 is 0 Å². The normalized spacial score (nSPS) is 10.0. The molecule has 16 heavy (non-hydrogen) atoms. The fraction of sp³-hybridized carbons (Fsp3) is 0.0909. The van der Waals surface area contributed by atoms with Crippen LogP contribution in [0.15, 0.2) is 36.7 Å². The second kappa shape index (κ2) is 4.48. The number of nitrogens with zero attached hydrogens (tertiary/aromatic N) is 2. The van der Waals surface area contributed by atoms with Crippen LogP contribution in [0.3, 0.4) is 0 Å². The van der Waals surface area contributed by atoms with Crippen LogP contribution in [0.5, 0.6) is 5.88 Å². The highest BCUT2D eigenvalue weighted by atomic mass is 16.5. The van der Waals surface area contributed by atoms with Crippen molar-refractivity contribution in [2.75, 3.05) is 11.5 Å². The van der Waals surface area contributed by atoms with Crippen molar-refractivity contribution < 1.29 is 4.74 Å². The van der Waals surface area contributed by atoms with Crippen molar-refractivity contribution in [2.45, 2.75) is 6.61 Å². The molecule has 0 aliphatic carbocycles. The molecule has 4 N–H and O–H groups in total. The molecule has 5 nitrogen and oxygen atoms in total. The lowest BCUT2D eigenvalue weighted by molar-refractivity contribution is 0.289. The Kier molecular flexibility index (Phi) is 2.86. The Morgan fingerprint density at radius 3 is 2.69 bits per heavy atom. The molecule has 2 aromatic heterocycles. The first-order valence-corrected chi connectivity index (χ1v) is 4.79. The van der Waals surface area contributed by atoms with E-state index in [1.165, 1.54) is 6.20 Å². The van der Waals surface area contributed by atoms with Crippen molar-refractivity contribution >= 4 is 11.4 Å². The van der Waals surface area contributed by atoms with Gasteiger partial charge in [-0.15, -0.1) is 0 Å². The molecule has 0 amide bonds. The van der Waals surface area contributed by atoms with Gasteiger partial charge in [0.25, 0.3) is 0 Å². The summed E-state index contributed by atoms with van der Waals surface area (Å²) in [4.78, 5) is 8.12. The van der Waals surface area contributed by atoms with E-state index in [9.17, 15) is 0 Å². The summed E-state index contributed by atoms with van der Waals surface area (Å²) in [5, 5.41) is 0. The maximum Gasteiger partial charge on any atom is 0.213 e. The van der Waals surface area contributed by atoms with E-state index in [-0.39, 0.29) is 0 Å². The topological polar surface area (TPSA) is 87.0 Å². The van der Waals surface area contributed by atoms with Gasteiger partial charge in [0.15, 0.2) is 0 Å². The quantitative estimate of drug-likeness (QED) is 0.805. The van der Waals surface area contributed by atoms with E-state index in [0.29, 0.717) is 23.9 Å². The van der Waals surface area contributed by atoms with Gasteiger partial charge in [-0.2, -0.15) is 0 Å². The molecule has 0 saturated carbocycles. The molecule has 2 rings (SSSR count). The second-order valence-corrected chi connectivity index (χ2v) is 3.26. The molecule has 2 aromatic rings. The molecule has 0 aliphatic heterocycles. The molecule has 0 spiro atoms. The van der Waals surface area contributed by atoms with Crippen LogP contribution in [-0.2, 0) is 6.61 Å². The number of pyridine rings is 2. The molecular formula is C11H12N4O. The zero-order chi connectivity index (χ0) is 11.4. The summed E-state index contributed by atoms with van der Waals surface area (Å²) in [6.07, 6.45) is 3.19. The van der Waals surface area contributed by atoms with Gasteiger partial charge < -0.3 is 16.2 Å². The molecule has 0 atom stereocenters. The van der Waals surface area contributed by atoms with Crippen LogP contribution in [0.25, 0.3) is 0 Å². The highest BCUT2D eigenvalue weighted by Crippen LogP contribution is 2.14. The van der Waals surface area contributed by atoms with Crippen LogP contribution < -0.4 is 16.2 Å². The number of hydrogen-bond donors (Lipinski definition) is 2. The summed E-state index contributed by atoms with van der Waals surface area (Å²) in [5.74, 6) is 0.555. The Hall–Kier alpha value is -2.30. The third-order valence-electron chi connectivity index (χ3n) is 2.03. The van der Waals surface area contributed by atoms with Gasteiger partial charge >= 0.3 is 0 Å². The van der Waals surface area contributed by atoms with E-state index in [2.05, 4.69) is 9.97 Å². The van der Waals surface area contributed by atoms with Gasteiger partial charge in [0.1, 0.15) is 6.61 Å². The van der Waals surface area contributed by atoms with Gasteiger partial charge in [-0.05, 0) is 12.1 Å². The highest BCUT2D eigenvalue weighted by Gasteiger charge is 2.00. The van der Waals surface area contributed by atoms with Crippen molar-refractivity contribution in [2.24, 2.45) is 0 Å². The molecule has 0 saturated heterocycles. The molecule has 0 aromatic carbocycles. The number of rotatable bonds is 3. The lowest BCUT2D eigenvalue weighted by Crippen LogP contribution is -2.02. The van der Waals surface area contributed by atoms with Gasteiger partial charge in [0, 0.05) is 12.3 Å². The van der Waals surface area contributed by atoms with Gasteiger partial charge in [0.05, 0.1) is 23.3 Å². The number of ether oxygens (including phenoxy) is 1. The maximum atomic E-state index is 5.65. The largest absolute Gasteiger partial charge is 0.471 e. The Bertz CT molecular complexity index is 473. The predicted octanol–water partition coefficient (Wildman–Crippen LogP) is 1.22. The third kappa shape index (κ3) is 2.38. The molecule has 0 radical (unpaired) electrons. The monoisotopic (exact) mass is 216 g/mol. The van der Waals surface area contributed by atoms with Crippen molar-refractivity contribution in [1.82, 2.24) is 9.97 Å². The van der Waals surface area contributed by atoms with Crippen LogP contribution in [0.4, 0.5) is 11.4 Å². The fourth-order valence-electron chi connectivity index (χ4n) is 1.19. The molecular weight excluding hydrogens is 204 g/mol. The third-order valence-corrected chi connectivity index (χ3v) is 2.03. The second-order valence-electron chi connectivity index (χ2n) is 3.26. The first-order chi connectivity index (χ1) is 7.75. The van der Waals surface area contributed by atoms with Crippen LogP contribution in [0, 0.1) is 0 Å². The minimum Gasteiger partial charge on any atom is -0.471 e. The molecule has 0 aliphatic rings. The van der Waals surface area contributed by atoms with Crippen LogP contribution >= 0.6 is 0 Å². The minimum absolute atomic E-state index is 0.321. The van der Waals surface area contributed by atoms with Crippen molar-refractivity contribution in [1.29, 1.82) is 0 Å². The summed E-state index contributed by atoms with van der Waals surface area (Å²) >= 11 is 0. The van der Waals surface area contributed by atoms with E-state index in [0.717, 1.165) is 5.69 Å². The summed E-state index contributed by atoms with van der Waals surface area (Å²) < 4.78 is 5.42. The first kappa shape index (κ1) is 10.2. The number of hydrogen-bond acceptors (Lipinski definition) is 5. The summed E-state index contributed by atoms with van der Waals surface area (Å²) in [7, 11) is 0. The Morgan fingerprint density at radius 2 is 2.00 bits per heavy atom. The lowest BCUT2D eigenvalue weighted by atomic mass is 10.3.